The van der Waals surface area contributed by atoms with Crippen LogP contribution in [0, 0.1) is 0 Å². The van der Waals surface area contributed by atoms with Crippen molar-refractivity contribution in [3.63, 3.8) is 0 Å². The molecule has 0 saturated carbocycles. The quantitative estimate of drug-likeness (QED) is 0.836. The fourth-order valence-corrected chi connectivity index (χ4v) is 1.46. The Kier molecular flexibility index (Phi) is 2.68. The maximum absolute atomic E-state index is 10.6. The molecule has 5 nitrogen and oxygen atoms in total. The van der Waals surface area contributed by atoms with Gasteiger partial charge in [-0.1, -0.05) is 0 Å². The van der Waals surface area contributed by atoms with Crippen molar-refractivity contribution in [1.29, 1.82) is 0 Å². The van der Waals surface area contributed by atoms with E-state index in [4.69, 9.17) is 5.11 Å². The average molecular weight is 217 g/mol. The summed E-state index contributed by atoms with van der Waals surface area (Å²) in [6.07, 6.45) is 5.11. The van der Waals surface area contributed by atoms with Crippen LogP contribution in [0.4, 0.5) is 0 Å². The van der Waals surface area contributed by atoms with Gasteiger partial charge in [-0.05, 0) is 12.1 Å². The molecule has 2 aromatic rings. The minimum absolute atomic E-state index is 0.0727. The normalized spacial score (nSPS) is 10.3. The molecule has 0 fully saturated rings. The molecule has 2 aromatic heterocycles. The van der Waals surface area contributed by atoms with Gasteiger partial charge in [0.05, 0.1) is 5.69 Å². The third-order valence-electron chi connectivity index (χ3n) is 2.24. The van der Waals surface area contributed by atoms with Gasteiger partial charge in [-0.25, -0.2) is 4.98 Å². The lowest BCUT2D eigenvalue weighted by Gasteiger charge is -1.94. The Morgan fingerprint density at radius 1 is 1.56 bits per heavy atom. The maximum atomic E-state index is 10.6. The number of aliphatic carboxylic acids is 1. The Hall–Kier alpha value is -2.17. The van der Waals surface area contributed by atoms with Crippen LogP contribution < -0.4 is 0 Å². The second kappa shape index (κ2) is 4.14. The summed E-state index contributed by atoms with van der Waals surface area (Å²) in [5, 5.41) is 8.71. The van der Waals surface area contributed by atoms with E-state index in [1.807, 2.05) is 12.1 Å². The first-order chi connectivity index (χ1) is 7.66. The highest BCUT2D eigenvalue weighted by Gasteiger charge is 2.10. The van der Waals surface area contributed by atoms with Gasteiger partial charge in [0.1, 0.15) is 12.2 Å². The second-order valence-corrected chi connectivity index (χ2v) is 3.47. The number of hydrogen-bond acceptors (Lipinski definition) is 3. The Bertz CT molecular complexity index is 505. The lowest BCUT2D eigenvalue weighted by molar-refractivity contribution is -0.136. The molecule has 0 aliphatic carbocycles. The second-order valence-electron chi connectivity index (χ2n) is 3.47. The first kappa shape index (κ1) is 10.4. The van der Waals surface area contributed by atoms with Crippen LogP contribution in [0.2, 0.25) is 0 Å². The minimum atomic E-state index is -0.883. The lowest BCUT2D eigenvalue weighted by atomic mass is 10.2. The fourth-order valence-electron chi connectivity index (χ4n) is 1.46. The van der Waals surface area contributed by atoms with Crippen molar-refractivity contribution in [1.82, 2.24) is 14.5 Å². The van der Waals surface area contributed by atoms with E-state index >= 15 is 0 Å². The van der Waals surface area contributed by atoms with Gasteiger partial charge < -0.3 is 9.67 Å². The van der Waals surface area contributed by atoms with Crippen molar-refractivity contribution in [3.8, 4) is 11.3 Å². The monoisotopic (exact) mass is 217 g/mol. The summed E-state index contributed by atoms with van der Waals surface area (Å²) >= 11 is 0. The highest BCUT2D eigenvalue weighted by Crippen LogP contribution is 2.16. The number of pyridine rings is 1. The third kappa shape index (κ3) is 2.08. The number of hydrogen-bond donors (Lipinski definition) is 1. The van der Waals surface area contributed by atoms with Gasteiger partial charge in [0.2, 0.25) is 0 Å². The zero-order valence-electron chi connectivity index (χ0n) is 8.79. The molecule has 1 N–H and O–H groups in total. The molecule has 2 rings (SSSR count). The van der Waals surface area contributed by atoms with Crippen molar-refractivity contribution < 1.29 is 9.90 Å². The van der Waals surface area contributed by atoms with Crippen molar-refractivity contribution in [2.75, 3.05) is 0 Å². The summed E-state index contributed by atoms with van der Waals surface area (Å²) in [4.78, 5) is 18.9. The predicted octanol–water partition coefficient (Wildman–Crippen LogP) is 1.11. The van der Waals surface area contributed by atoms with Crippen LogP contribution in [0.15, 0.2) is 30.7 Å². The van der Waals surface area contributed by atoms with Gasteiger partial charge in [-0.2, -0.15) is 0 Å². The number of aryl methyl sites for hydroxylation is 1. The number of carboxylic acids is 1. The Labute approximate surface area is 92.4 Å². The zero-order valence-corrected chi connectivity index (χ0v) is 8.79. The molecule has 5 heteroatoms. The van der Waals surface area contributed by atoms with Crippen molar-refractivity contribution in [3.05, 3.63) is 36.5 Å². The van der Waals surface area contributed by atoms with Crippen LogP contribution in [0.5, 0.6) is 0 Å². The Morgan fingerprint density at radius 3 is 3.00 bits per heavy atom. The molecule has 0 bridgehead atoms. The molecule has 82 valence electrons. The molecular weight excluding hydrogens is 206 g/mol. The molecular formula is C11H11N3O2. The number of nitrogens with zero attached hydrogens (tertiary/aromatic N) is 3. The molecule has 0 saturated heterocycles. The third-order valence-corrected chi connectivity index (χ3v) is 2.24. The average Bonchev–Trinajstić information content (AvgIpc) is 2.61. The van der Waals surface area contributed by atoms with Crippen LogP contribution in [0.3, 0.4) is 0 Å². The highest BCUT2D eigenvalue weighted by molar-refractivity contribution is 5.69. The Balaban J connectivity index is 2.34. The standard InChI is InChI=1S/C11H11N3O2/c1-14-7-9(8-3-2-4-12-6-8)13-10(14)5-11(15)16/h2-4,6-7H,5H2,1H3,(H,15,16). The van der Waals surface area contributed by atoms with Gasteiger partial charge in [-0.3, -0.25) is 9.78 Å². The maximum Gasteiger partial charge on any atom is 0.311 e. The molecule has 0 unspecified atom stereocenters. The number of aromatic nitrogens is 3. The summed E-state index contributed by atoms with van der Waals surface area (Å²) in [6.45, 7) is 0. The van der Waals surface area contributed by atoms with E-state index < -0.39 is 5.97 Å². The van der Waals surface area contributed by atoms with Crippen molar-refractivity contribution >= 4 is 5.97 Å². The first-order valence-corrected chi connectivity index (χ1v) is 4.81. The summed E-state index contributed by atoms with van der Waals surface area (Å²) in [7, 11) is 1.78. The summed E-state index contributed by atoms with van der Waals surface area (Å²) in [6, 6.07) is 3.71. The zero-order chi connectivity index (χ0) is 11.5. The van der Waals surface area contributed by atoms with Crippen molar-refractivity contribution in [2.24, 2.45) is 7.05 Å². The van der Waals surface area contributed by atoms with Gasteiger partial charge >= 0.3 is 5.97 Å². The summed E-state index contributed by atoms with van der Waals surface area (Å²) in [5.74, 6) is -0.349. The van der Waals surface area contributed by atoms with Gasteiger partial charge in [-0.15, -0.1) is 0 Å². The van der Waals surface area contributed by atoms with E-state index in [0.29, 0.717) is 5.82 Å². The van der Waals surface area contributed by atoms with E-state index in [9.17, 15) is 4.79 Å². The van der Waals surface area contributed by atoms with Gasteiger partial charge in [0.15, 0.2) is 0 Å². The van der Waals surface area contributed by atoms with E-state index in [2.05, 4.69) is 9.97 Å². The van der Waals surface area contributed by atoms with E-state index in [1.54, 1.807) is 30.2 Å². The number of carbonyl (C=O) groups is 1. The van der Waals surface area contributed by atoms with Crippen molar-refractivity contribution in [2.45, 2.75) is 6.42 Å². The molecule has 2 heterocycles. The van der Waals surface area contributed by atoms with Crippen LogP contribution in [-0.4, -0.2) is 25.6 Å². The highest BCUT2D eigenvalue weighted by atomic mass is 16.4. The van der Waals surface area contributed by atoms with Gasteiger partial charge in [0.25, 0.3) is 0 Å². The summed E-state index contributed by atoms with van der Waals surface area (Å²) in [5.41, 5.74) is 1.63. The topological polar surface area (TPSA) is 68.0 Å². The Morgan fingerprint density at radius 2 is 2.38 bits per heavy atom. The SMILES string of the molecule is Cn1cc(-c2cccnc2)nc1CC(=O)O. The molecule has 0 aromatic carbocycles. The van der Waals surface area contributed by atoms with Crippen LogP contribution in [0.1, 0.15) is 5.82 Å². The smallest absolute Gasteiger partial charge is 0.311 e. The molecule has 0 amide bonds. The number of imidazole rings is 1. The molecule has 0 aliphatic rings. The first-order valence-electron chi connectivity index (χ1n) is 4.81. The number of carboxylic acid groups (broad SMARTS) is 1. The number of rotatable bonds is 3. The van der Waals surface area contributed by atoms with E-state index in [-0.39, 0.29) is 6.42 Å². The van der Waals surface area contributed by atoms with Crippen LogP contribution in [0.25, 0.3) is 11.3 Å². The van der Waals surface area contributed by atoms with E-state index in [1.165, 1.54) is 0 Å². The molecule has 0 aliphatic heterocycles. The van der Waals surface area contributed by atoms with Crippen LogP contribution in [-0.2, 0) is 18.3 Å². The fraction of sp³-hybridized carbons (Fsp3) is 0.182. The predicted molar refractivity (Wildman–Crippen MR) is 57.8 cm³/mol. The summed E-state index contributed by atoms with van der Waals surface area (Å²) < 4.78 is 1.72. The molecule has 0 spiro atoms. The van der Waals surface area contributed by atoms with Gasteiger partial charge in [0, 0.05) is 31.2 Å². The lowest BCUT2D eigenvalue weighted by Crippen LogP contribution is -2.05. The van der Waals surface area contributed by atoms with E-state index in [0.717, 1.165) is 11.3 Å². The molecule has 16 heavy (non-hydrogen) atoms. The minimum Gasteiger partial charge on any atom is -0.481 e. The van der Waals surface area contributed by atoms with Crippen LogP contribution >= 0.6 is 0 Å². The molecule has 0 radical (unpaired) electrons. The molecule has 0 atom stereocenters. The largest absolute Gasteiger partial charge is 0.481 e.